The van der Waals surface area contributed by atoms with Crippen LogP contribution >= 0.6 is 0 Å². The molecule has 0 heterocycles. The lowest BCUT2D eigenvalue weighted by atomic mass is 9.77. The molecule has 4 unspecified atom stereocenters. The maximum Gasteiger partial charge on any atom is 0.354 e. The molecule has 0 spiro atoms. The van der Waals surface area contributed by atoms with Crippen LogP contribution in [0.3, 0.4) is 0 Å². The molecule has 1 saturated carbocycles. The van der Waals surface area contributed by atoms with Gasteiger partial charge < -0.3 is 43.4 Å². The molecular weight excluding hydrogens is 664 g/mol. The van der Waals surface area contributed by atoms with Gasteiger partial charge in [-0.1, -0.05) is 19.3 Å². The van der Waals surface area contributed by atoms with Crippen molar-refractivity contribution < 1.29 is 76.9 Å². The Morgan fingerprint density at radius 2 is 1.24 bits per heavy atom. The third kappa shape index (κ3) is 21.6. The minimum Gasteiger partial charge on any atom is -0.466 e. The first kappa shape index (κ1) is 44.6. The van der Waals surface area contributed by atoms with E-state index in [9.17, 15) is 38.7 Å². The molecule has 16 heteroatoms. The Morgan fingerprint density at radius 1 is 0.640 bits per heavy atom. The summed E-state index contributed by atoms with van der Waals surface area (Å²) in [5.41, 5.74) is 0. The van der Waals surface area contributed by atoms with E-state index in [4.69, 9.17) is 33.5 Å². The number of unbranched alkanes of at least 4 members (excludes halogenated alkanes) is 4. The minimum absolute atomic E-state index is 0.00831. The SMILES string of the molecule is CC(O)C(=O)OC(=O)C1CCCCC1CCCOC(=O)CCCCCOC(=O)COCCOCC(=O)OC(C)C(=O)OC(=O)CCCCCO. The molecule has 50 heavy (non-hydrogen) atoms. The van der Waals surface area contributed by atoms with Gasteiger partial charge in [-0.3, -0.25) is 14.4 Å². The van der Waals surface area contributed by atoms with Crippen molar-refractivity contribution in [3.8, 4) is 0 Å². The van der Waals surface area contributed by atoms with E-state index >= 15 is 0 Å². The van der Waals surface area contributed by atoms with Gasteiger partial charge >= 0.3 is 41.8 Å². The third-order valence-electron chi connectivity index (χ3n) is 7.73. The van der Waals surface area contributed by atoms with Crippen molar-refractivity contribution in [3.63, 3.8) is 0 Å². The molecule has 2 N–H and O–H groups in total. The van der Waals surface area contributed by atoms with Gasteiger partial charge in [0.15, 0.2) is 6.10 Å². The van der Waals surface area contributed by atoms with E-state index in [1.807, 2.05) is 0 Å². The highest BCUT2D eigenvalue weighted by molar-refractivity contribution is 5.89. The first-order valence-electron chi connectivity index (χ1n) is 17.4. The highest BCUT2D eigenvalue weighted by atomic mass is 16.6. The summed E-state index contributed by atoms with van der Waals surface area (Å²) in [5.74, 6) is -5.44. The predicted octanol–water partition coefficient (Wildman–Crippen LogP) is 2.26. The molecule has 0 aliphatic heterocycles. The molecule has 0 aromatic heterocycles. The van der Waals surface area contributed by atoms with Crippen LogP contribution in [-0.2, 0) is 66.7 Å². The van der Waals surface area contributed by atoms with Gasteiger partial charge in [0.1, 0.15) is 19.3 Å². The number of hydrogen-bond acceptors (Lipinski definition) is 16. The molecule has 0 aromatic carbocycles. The van der Waals surface area contributed by atoms with E-state index in [0.717, 1.165) is 19.3 Å². The van der Waals surface area contributed by atoms with Gasteiger partial charge in [0.2, 0.25) is 0 Å². The van der Waals surface area contributed by atoms with Crippen LogP contribution in [0.4, 0.5) is 0 Å². The molecule has 1 aliphatic carbocycles. The zero-order valence-corrected chi connectivity index (χ0v) is 29.3. The number of ether oxygens (including phenoxy) is 7. The number of esters is 7. The maximum atomic E-state index is 12.4. The number of rotatable bonds is 26. The summed E-state index contributed by atoms with van der Waals surface area (Å²) in [5, 5.41) is 18.0. The summed E-state index contributed by atoms with van der Waals surface area (Å²) in [7, 11) is 0. The van der Waals surface area contributed by atoms with E-state index in [1.165, 1.54) is 13.8 Å². The van der Waals surface area contributed by atoms with E-state index in [2.05, 4.69) is 4.74 Å². The number of hydrogen-bond donors (Lipinski definition) is 2. The van der Waals surface area contributed by atoms with E-state index in [-0.39, 0.29) is 64.4 Å². The Bertz CT molecular complexity index is 1060. The second kappa shape index (κ2) is 27.3. The van der Waals surface area contributed by atoms with Crippen molar-refractivity contribution in [2.75, 3.05) is 46.2 Å². The molecule has 0 radical (unpaired) electrons. The first-order valence-corrected chi connectivity index (χ1v) is 17.4. The van der Waals surface area contributed by atoms with Crippen LogP contribution < -0.4 is 0 Å². The van der Waals surface area contributed by atoms with Crippen LogP contribution in [0.25, 0.3) is 0 Å². The van der Waals surface area contributed by atoms with Crippen molar-refractivity contribution >= 4 is 41.8 Å². The summed E-state index contributed by atoms with van der Waals surface area (Å²) in [6.07, 6.45) is 5.46. The van der Waals surface area contributed by atoms with Gasteiger partial charge in [0, 0.05) is 19.4 Å². The topological polar surface area (TPSA) is 225 Å². The summed E-state index contributed by atoms with van der Waals surface area (Å²) >= 11 is 0. The quantitative estimate of drug-likeness (QED) is 0.0566. The molecule has 0 amide bonds. The minimum atomic E-state index is -1.36. The lowest BCUT2D eigenvalue weighted by molar-refractivity contribution is -0.175. The van der Waals surface area contributed by atoms with E-state index < -0.39 is 60.5 Å². The van der Waals surface area contributed by atoms with E-state index in [1.54, 1.807) is 0 Å². The molecule has 0 saturated heterocycles. The molecule has 16 nitrogen and oxygen atoms in total. The molecule has 1 aliphatic rings. The number of carbonyl (C=O) groups is 7. The first-order chi connectivity index (χ1) is 23.9. The van der Waals surface area contributed by atoms with Gasteiger partial charge in [0.25, 0.3) is 0 Å². The zero-order chi connectivity index (χ0) is 37.1. The van der Waals surface area contributed by atoms with Gasteiger partial charge in [-0.05, 0) is 77.6 Å². The van der Waals surface area contributed by atoms with Crippen LogP contribution in [0.5, 0.6) is 0 Å². The van der Waals surface area contributed by atoms with Crippen molar-refractivity contribution in [3.05, 3.63) is 0 Å². The molecule has 0 bridgehead atoms. The molecule has 4 atom stereocenters. The number of carbonyl (C=O) groups excluding carboxylic acids is 7. The number of aliphatic hydroxyl groups is 2. The van der Waals surface area contributed by atoms with Gasteiger partial charge in [-0.25, -0.2) is 19.2 Å². The molecule has 1 rings (SSSR count). The summed E-state index contributed by atoms with van der Waals surface area (Å²) < 4.78 is 34.9. The normalized spacial score (nSPS) is 16.8. The highest BCUT2D eigenvalue weighted by Gasteiger charge is 2.33. The molecular formula is C34H54O16. The summed E-state index contributed by atoms with van der Waals surface area (Å²) in [4.78, 5) is 83.1. The van der Waals surface area contributed by atoms with Gasteiger partial charge in [0.05, 0.1) is 32.3 Å². The number of aliphatic hydroxyl groups excluding tert-OH is 2. The Morgan fingerprint density at radius 3 is 1.92 bits per heavy atom. The Kier molecular flexibility index (Phi) is 24.3. The molecule has 286 valence electrons. The fourth-order valence-electron chi connectivity index (χ4n) is 5.02. The highest BCUT2D eigenvalue weighted by Crippen LogP contribution is 2.34. The Labute approximate surface area is 292 Å². The third-order valence-corrected chi connectivity index (χ3v) is 7.73. The lowest BCUT2D eigenvalue weighted by Gasteiger charge is -2.29. The standard InChI is InChI=1S/C34H54O16/c1-24(36)32(41)50-34(43)27-14-8-7-12-26(27)13-11-19-46-28(37)15-6-4-10-18-47-30(39)22-44-20-21-45-23-31(40)48-25(2)33(42)49-29(38)16-5-3-9-17-35/h24-27,35-36H,3-23H2,1-2H3. The maximum absolute atomic E-state index is 12.4. The van der Waals surface area contributed by atoms with Crippen LogP contribution in [-0.4, -0.2) is 110 Å². The largest absolute Gasteiger partial charge is 0.466 e. The van der Waals surface area contributed by atoms with Crippen LogP contribution in [0.1, 0.15) is 104 Å². The van der Waals surface area contributed by atoms with Crippen LogP contribution in [0.15, 0.2) is 0 Å². The smallest absolute Gasteiger partial charge is 0.354 e. The fraction of sp³-hybridized carbons (Fsp3) is 0.794. The van der Waals surface area contributed by atoms with Crippen molar-refractivity contribution in [1.82, 2.24) is 0 Å². The fourth-order valence-corrected chi connectivity index (χ4v) is 5.02. The van der Waals surface area contributed by atoms with Crippen molar-refractivity contribution in [2.24, 2.45) is 11.8 Å². The molecule has 1 fully saturated rings. The average Bonchev–Trinajstić information content (AvgIpc) is 3.08. The second-order valence-corrected chi connectivity index (χ2v) is 12.0. The van der Waals surface area contributed by atoms with Gasteiger partial charge in [-0.15, -0.1) is 0 Å². The van der Waals surface area contributed by atoms with Crippen LogP contribution in [0.2, 0.25) is 0 Å². The Balaban J connectivity index is 2.02. The molecule has 0 aromatic rings. The zero-order valence-electron chi connectivity index (χ0n) is 29.3. The monoisotopic (exact) mass is 718 g/mol. The van der Waals surface area contributed by atoms with Crippen LogP contribution in [0, 0.1) is 11.8 Å². The Hall–Kier alpha value is -3.47. The predicted molar refractivity (Wildman–Crippen MR) is 172 cm³/mol. The average molecular weight is 719 g/mol. The van der Waals surface area contributed by atoms with Crippen molar-refractivity contribution in [1.29, 1.82) is 0 Å². The summed E-state index contributed by atoms with van der Waals surface area (Å²) in [6.45, 7) is 2.06. The lowest BCUT2D eigenvalue weighted by Crippen LogP contribution is -2.33. The van der Waals surface area contributed by atoms with E-state index in [0.29, 0.717) is 57.8 Å². The van der Waals surface area contributed by atoms with Crippen molar-refractivity contribution in [2.45, 2.75) is 116 Å². The summed E-state index contributed by atoms with van der Waals surface area (Å²) in [6, 6.07) is 0. The van der Waals surface area contributed by atoms with Gasteiger partial charge in [-0.2, -0.15) is 0 Å². The second-order valence-electron chi connectivity index (χ2n) is 12.0.